The number of carbonyl (C=O) groups is 1. The fourth-order valence-corrected chi connectivity index (χ4v) is 4.18. The van der Waals surface area contributed by atoms with E-state index in [9.17, 15) is 4.79 Å². The van der Waals surface area contributed by atoms with Crippen LogP contribution in [-0.4, -0.2) is 41.9 Å². The van der Waals surface area contributed by atoms with Crippen molar-refractivity contribution in [3.8, 4) is 0 Å². The van der Waals surface area contributed by atoms with Crippen LogP contribution >= 0.6 is 0 Å². The largest absolute Gasteiger partial charge is 0.455 e. The highest BCUT2D eigenvalue weighted by molar-refractivity contribution is 6.02. The third kappa shape index (κ3) is 5.24. The predicted molar refractivity (Wildman–Crippen MR) is 111 cm³/mol. The minimum absolute atomic E-state index is 0.186. The molecule has 28 heavy (non-hydrogen) atoms. The van der Waals surface area contributed by atoms with E-state index in [0.29, 0.717) is 5.76 Å². The van der Waals surface area contributed by atoms with Gasteiger partial charge in [0.1, 0.15) is 5.76 Å². The van der Waals surface area contributed by atoms with Gasteiger partial charge in [0.25, 0.3) is 5.91 Å². The topological polar surface area (TPSA) is 48.7 Å². The second kappa shape index (κ2) is 9.39. The normalized spacial score (nSPS) is 18.9. The quantitative estimate of drug-likeness (QED) is 0.800. The van der Waals surface area contributed by atoms with Crippen molar-refractivity contribution in [2.75, 3.05) is 31.5 Å². The second-order valence-corrected chi connectivity index (χ2v) is 8.09. The lowest BCUT2D eigenvalue weighted by molar-refractivity contribution is 0.0992. The van der Waals surface area contributed by atoms with Crippen LogP contribution in [0.3, 0.4) is 0 Å². The SMILES string of the molecule is O=C(Nc1ccc(CN2CCCCC2)cc1)c1ccc(CN2CCCCC2)o1. The number of piperidine rings is 2. The molecule has 0 aliphatic carbocycles. The Labute approximate surface area is 167 Å². The number of rotatable bonds is 6. The Morgan fingerprint density at radius 1 is 0.786 bits per heavy atom. The van der Waals surface area contributed by atoms with Gasteiger partial charge in [0.05, 0.1) is 6.54 Å². The second-order valence-electron chi connectivity index (χ2n) is 8.09. The first-order valence-corrected chi connectivity index (χ1v) is 10.7. The molecule has 2 saturated heterocycles. The van der Waals surface area contributed by atoms with Crippen molar-refractivity contribution < 1.29 is 9.21 Å². The molecule has 1 N–H and O–H groups in total. The van der Waals surface area contributed by atoms with Crippen molar-refractivity contribution in [1.82, 2.24) is 9.80 Å². The molecule has 2 fully saturated rings. The molecule has 2 aliphatic rings. The van der Waals surface area contributed by atoms with Crippen molar-refractivity contribution in [3.05, 3.63) is 53.5 Å². The van der Waals surface area contributed by atoms with Crippen LogP contribution in [0.5, 0.6) is 0 Å². The lowest BCUT2D eigenvalue weighted by atomic mass is 10.1. The Hall–Kier alpha value is -2.11. The van der Waals surface area contributed by atoms with E-state index >= 15 is 0 Å². The molecule has 0 atom stereocenters. The Balaban J connectivity index is 1.29. The van der Waals surface area contributed by atoms with Gasteiger partial charge in [-0.05, 0) is 81.7 Å². The maximum Gasteiger partial charge on any atom is 0.291 e. The van der Waals surface area contributed by atoms with Gasteiger partial charge >= 0.3 is 0 Å². The van der Waals surface area contributed by atoms with Gasteiger partial charge in [-0.2, -0.15) is 0 Å². The molecule has 0 spiro atoms. The number of benzene rings is 1. The number of nitrogens with one attached hydrogen (secondary N) is 1. The first kappa shape index (κ1) is 19.2. The number of hydrogen-bond acceptors (Lipinski definition) is 4. The summed E-state index contributed by atoms with van der Waals surface area (Å²) in [6.45, 7) is 6.40. The average Bonchev–Trinajstić information content (AvgIpc) is 3.20. The summed E-state index contributed by atoms with van der Waals surface area (Å²) < 4.78 is 5.78. The molecule has 3 heterocycles. The van der Waals surface area contributed by atoms with E-state index in [1.165, 1.54) is 57.2 Å². The van der Waals surface area contributed by atoms with Gasteiger partial charge in [-0.15, -0.1) is 0 Å². The average molecular weight is 382 g/mol. The van der Waals surface area contributed by atoms with Crippen molar-refractivity contribution in [2.45, 2.75) is 51.6 Å². The molecule has 0 radical (unpaired) electrons. The molecule has 2 aliphatic heterocycles. The molecule has 150 valence electrons. The van der Waals surface area contributed by atoms with Crippen LogP contribution in [-0.2, 0) is 13.1 Å². The zero-order valence-corrected chi connectivity index (χ0v) is 16.7. The third-order valence-corrected chi connectivity index (χ3v) is 5.78. The maximum atomic E-state index is 12.5. The summed E-state index contributed by atoms with van der Waals surface area (Å²) in [4.78, 5) is 17.4. The van der Waals surface area contributed by atoms with Gasteiger partial charge in [-0.1, -0.05) is 25.0 Å². The van der Waals surface area contributed by atoms with Gasteiger partial charge in [0.2, 0.25) is 0 Å². The van der Waals surface area contributed by atoms with Crippen molar-refractivity contribution >= 4 is 11.6 Å². The molecule has 2 aromatic rings. The zero-order chi connectivity index (χ0) is 19.2. The van der Waals surface area contributed by atoms with Crippen LogP contribution in [0.4, 0.5) is 5.69 Å². The summed E-state index contributed by atoms with van der Waals surface area (Å²) in [6, 6.07) is 11.9. The van der Waals surface area contributed by atoms with Crippen LogP contribution in [0.15, 0.2) is 40.8 Å². The molecule has 5 heteroatoms. The summed E-state index contributed by atoms with van der Waals surface area (Å²) in [7, 11) is 0. The summed E-state index contributed by atoms with van der Waals surface area (Å²) in [5.41, 5.74) is 2.10. The predicted octanol–water partition coefficient (Wildman–Crippen LogP) is 4.50. The Morgan fingerprint density at radius 3 is 2.04 bits per heavy atom. The first-order valence-electron chi connectivity index (χ1n) is 10.7. The van der Waals surface area contributed by atoms with Crippen molar-refractivity contribution in [1.29, 1.82) is 0 Å². The Bertz CT molecular complexity index is 756. The van der Waals surface area contributed by atoms with Crippen LogP contribution in [0.2, 0.25) is 0 Å². The molecule has 1 aromatic heterocycles. The molecule has 4 rings (SSSR count). The molecule has 0 saturated carbocycles. The third-order valence-electron chi connectivity index (χ3n) is 5.78. The number of likely N-dealkylation sites (tertiary alicyclic amines) is 2. The monoisotopic (exact) mass is 381 g/mol. The Morgan fingerprint density at radius 2 is 1.39 bits per heavy atom. The summed E-state index contributed by atoms with van der Waals surface area (Å²) in [5, 5.41) is 2.95. The number of anilines is 1. The number of furan rings is 1. The minimum Gasteiger partial charge on any atom is -0.455 e. The summed E-state index contributed by atoms with van der Waals surface area (Å²) in [6.07, 6.45) is 7.78. The fraction of sp³-hybridized carbons (Fsp3) is 0.522. The van der Waals surface area contributed by atoms with Crippen LogP contribution in [0.1, 0.15) is 60.4 Å². The van der Waals surface area contributed by atoms with Gasteiger partial charge < -0.3 is 9.73 Å². The Kier molecular flexibility index (Phi) is 6.45. The minimum atomic E-state index is -0.186. The lowest BCUT2D eigenvalue weighted by Crippen LogP contribution is -2.29. The highest BCUT2D eigenvalue weighted by Crippen LogP contribution is 2.18. The van der Waals surface area contributed by atoms with Gasteiger partial charge in [-0.25, -0.2) is 0 Å². The molecular weight excluding hydrogens is 350 g/mol. The van der Waals surface area contributed by atoms with Gasteiger partial charge in [-0.3, -0.25) is 14.6 Å². The molecule has 1 aromatic carbocycles. The van der Waals surface area contributed by atoms with Crippen LogP contribution in [0.25, 0.3) is 0 Å². The number of nitrogens with zero attached hydrogens (tertiary/aromatic N) is 2. The maximum absolute atomic E-state index is 12.5. The van der Waals surface area contributed by atoms with Gasteiger partial charge in [0.15, 0.2) is 5.76 Å². The molecule has 5 nitrogen and oxygen atoms in total. The number of amides is 1. The molecule has 0 unspecified atom stereocenters. The zero-order valence-electron chi connectivity index (χ0n) is 16.7. The molecular formula is C23H31N3O2. The van der Waals surface area contributed by atoms with Crippen molar-refractivity contribution in [2.24, 2.45) is 0 Å². The van der Waals surface area contributed by atoms with Crippen molar-refractivity contribution in [3.63, 3.8) is 0 Å². The molecule has 1 amide bonds. The highest BCUT2D eigenvalue weighted by atomic mass is 16.4. The lowest BCUT2D eigenvalue weighted by Gasteiger charge is -2.26. The van der Waals surface area contributed by atoms with E-state index in [1.54, 1.807) is 6.07 Å². The van der Waals surface area contributed by atoms with E-state index in [2.05, 4.69) is 27.2 Å². The standard InChI is InChI=1S/C23H31N3O2/c27-23(22-12-11-21(28-22)18-26-15-5-2-6-16-26)24-20-9-7-19(8-10-20)17-25-13-3-1-4-14-25/h7-12H,1-6,13-18H2,(H,24,27). The van der Waals surface area contributed by atoms with E-state index in [-0.39, 0.29) is 5.91 Å². The van der Waals surface area contributed by atoms with Crippen LogP contribution in [0, 0.1) is 0 Å². The van der Waals surface area contributed by atoms with E-state index in [4.69, 9.17) is 4.42 Å². The van der Waals surface area contributed by atoms with E-state index < -0.39 is 0 Å². The highest BCUT2D eigenvalue weighted by Gasteiger charge is 2.16. The number of carbonyl (C=O) groups excluding carboxylic acids is 1. The van der Waals surface area contributed by atoms with Crippen LogP contribution < -0.4 is 5.32 Å². The fourth-order valence-electron chi connectivity index (χ4n) is 4.18. The van der Waals surface area contributed by atoms with Gasteiger partial charge in [0, 0.05) is 12.2 Å². The smallest absolute Gasteiger partial charge is 0.291 e. The van der Waals surface area contributed by atoms with E-state index in [1.807, 2.05) is 18.2 Å². The first-order chi connectivity index (χ1) is 13.8. The summed E-state index contributed by atoms with van der Waals surface area (Å²) in [5.74, 6) is 1.06. The molecule has 0 bridgehead atoms. The summed E-state index contributed by atoms with van der Waals surface area (Å²) >= 11 is 0. The van der Waals surface area contributed by atoms with E-state index in [0.717, 1.165) is 37.6 Å². The number of hydrogen-bond donors (Lipinski definition) is 1.